The molecule has 39 heavy (non-hydrogen) atoms. The van der Waals surface area contributed by atoms with Crippen molar-refractivity contribution >= 4 is 86.7 Å². The van der Waals surface area contributed by atoms with Gasteiger partial charge in [0.15, 0.2) is 16.6 Å². The Hall–Kier alpha value is -2.92. The van der Waals surface area contributed by atoms with E-state index in [9.17, 15) is 9.59 Å². The van der Waals surface area contributed by atoms with Crippen LogP contribution in [0.3, 0.4) is 0 Å². The summed E-state index contributed by atoms with van der Waals surface area (Å²) in [5, 5.41) is 2.87. The van der Waals surface area contributed by atoms with E-state index in [1.165, 1.54) is 6.08 Å². The lowest BCUT2D eigenvalue weighted by atomic mass is 10.0. The lowest BCUT2D eigenvalue weighted by Crippen LogP contribution is -2.54. The maximum Gasteiger partial charge on any atom is 0.270 e. The first-order chi connectivity index (χ1) is 18.7. The van der Waals surface area contributed by atoms with Gasteiger partial charge in [-0.15, -0.1) is 6.58 Å². The fourth-order valence-corrected chi connectivity index (χ4v) is 4.96. The molecule has 1 saturated heterocycles. The van der Waals surface area contributed by atoms with Gasteiger partial charge < -0.3 is 9.47 Å². The average molecular weight is 693 g/mol. The molecule has 10 heteroatoms. The van der Waals surface area contributed by atoms with Gasteiger partial charge in [0, 0.05) is 9.13 Å². The van der Waals surface area contributed by atoms with Crippen molar-refractivity contribution in [3.8, 4) is 11.5 Å². The molecule has 1 aliphatic rings. The zero-order chi connectivity index (χ0) is 28.1. The zero-order valence-corrected chi connectivity index (χ0v) is 25.3. The summed E-state index contributed by atoms with van der Waals surface area (Å²) in [7, 11) is 0. The molecule has 0 unspecified atom stereocenters. The minimum atomic E-state index is -0.629. The van der Waals surface area contributed by atoms with E-state index in [2.05, 4.69) is 34.5 Å². The Morgan fingerprint density at radius 1 is 1.10 bits per heavy atom. The van der Waals surface area contributed by atoms with Gasteiger partial charge >= 0.3 is 0 Å². The van der Waals surface area contributed by atoms with E-state index in [0.717, 1.165) is 19.6 Å². The summed E-state index contributed by atoms with van der Waals surface area (Å²) in [4.78, 5) is 27.6. The number of halogens is 3. The van der Waals surface area contributed by atoms with Crippen LogP contribution in [0.25, 0.3) is 6.08 Å². The highest BCUT2D eigenvalue weighted by atomic mass is 127. The predicted octanol–water partition coefficient (Wildman–Crippen LogP) is 7.14. The lowest BCUT2D eigenvalue weighted by molar-refractivity contribution is -0.122. The van der Waals surface area contributed by atoms with Crippen molar-refractivity contribution in [3.63, 3.8) is 0 Å². The normalized spacial score (nSPS) is 14.4. The second kappa shape index (κ2) is 13.0. The van der Waals surface area contributed by atoms with Crippen molar-refractivity contribution in [2.24, 2.45) is 0 Å². The summed E-state index contributed by atoms with van der Waals surface area (Å²) in [5.41, 5.74) is 2.52. The molecule has 1 aliphatic heterocycles. The number of carbonyl (C=O) groups excluding carboxylic acids is 2. The van der Waals surface area contributed by atoms with Crippen molar-refractivity contribution in [1.29, 1.82) is 0 Å². The molecule has 4 rings (SSSR count). The standard InChI is InChI=1S/C29H23Cl2IN2O4S/c1-3-6-19-13-18(15-24(37-4-2)26(19)38-16-17-9-11-20(32)12-10-17)14-21-27(35)33-29(39)34(28(21)36)23-8-5-7-22(30)25(23)31/h3,5,7-15H,1,4,6,16H2,2H3,(H,33,35,39)/b21-14+. The van der Waals surface area contributed by atoms with E-state index in [-0.39, 0.29) is 26.4 Å². The van der Waals surface area contributed by atoms with Crippen LogP contribution in [0.15, 0.2) is 72.8 Å². The first-order valence-corrected chi connectivity index (χ1v) is 14.1. The largest absolute Gasteiger partial charge is 0.490 e. The molecule has 3 aromatic rings. The second-order valence-electron chi connectivity index (χ2n) is 8.38. The van der Waals surface area contributed by atoms with Crippen LogP contribution >= 0.6 is 58.0 Å². The van der Waals surface area contributed by atoms with Crippen molar-refractivity contribution in [1.82, 2.24) is 5.32 Å². The molecule has 6 nitrogen and oxygen atoms in total. The number of thiocarbonyl (C=S) groups is 1. The van der Waals surface area contributed by atoms with Crippen molar-refractivity contribution in [3.05, 3.63) is 103 Å². The summed E-state index contributed by atoms with van der Waals surface area (Å²) in [6.45, 7) is 6.46. The molecule has 200 valence electrons. The predicted molar refractivity (Wildman–Crippen MR) is 168 cm³/mol. The monoisotopic (exact) mass is 692 g/mol. The van der Waals surface area contributed by atoms with Crippen molar-refractivity contribution in [2.75, 3.05) is 11.5 Å². The highest BCUT2D eigenvalue weighted by molar-refractivity contribution is 14.1. The first kappa shape index (κ1) is 29.1. The average Bonchev–Trinajstić information content (AvgIpc) is 2.90. The molecular weight excluding hydrogens is 670 g/mol. The van der Waals surface area contributed by atoms with Crippen LogP contribution < -0.4 is 19.7 Å². The fraction of sp³-hybridized carbons (Fsp3) is 0.138. The van der Waals surface area contributed by atoms with E-state index >= 15 is 0 Å². The van der Waals surface area contributed by atoms with E-state index in [0.29, 0.717) is 36.7 Å². The minimum Gasteiger partial charge on any atom is -0.490 e. The molecule has 0 radical (unpaired) electrons. The Kier molecular flexibility index (Phi) is 9.66. The molecule has 0 spiro atoms. The molecular formula is C29H23Cl2IN2O4S. The number of hydrogen-bond acceptors (Lipinski definition) is 5. The smallest absolute Gasteiger partial charge is 0.270 e. The Bertz CT molecular complexity index is 1490. The number of rotatable bonds is 9. The highest BCUT2D eigenvalue weighted by Crippen LogP contribution is 2.37. The Labute approximate surface area is 255 Å². The number of allylic oxidation sites excluding steroid dienone is 1. The maximum atomic E-state index is 13.5. The summed E-state index contributed by atoms with van der Waals surface area (Å²) in [6, 6.07) is 16.4. The minimum absolute atomic E-state index is 0.0898. The Morgan fingerprint density at radius 3 is 2.54 bits per heavy atom. The van der Waals surface area contributed by atoms with E-state index in [1.54, 1.807) is 30.3 Å². The molecule has 1 fully saturated rings. The molecule has 0 bridgehead atoms. The third-order valence-electron chi connectivity index (χ3n) is 5.70. The summed E-state index contributed by atoms with van der Waals surface area (Å²) in [6.07, 6.45) is 3.72. The number of nitrogens with one attached hydrogen (secondary N) is 1. The quantitative estimate of drug-likeness (QED) is 0.0850. The van der Waals surface area contributed by atoms with Crippen LogP contribution in [0.4, 0.5) is 5.69 Å². The maximum absolute atomic E-state index is 13.5. The van der Waals surface area contributed by atoms with E-state index in [4.69, 9.17) is 44.9 Å². The Balaban J connectivity index is 1.73. The van der Waals surface area contributed by atoms with Gasteiger partial charge in [-0.2, -0.15) is 0 Å². The molecule has 0 atom stereocenters. The molecule has 1 N–H and O–H groups in total. The van der Waals surface area contributed by atoms with Gasteiger partial charge in [0.2, 0.25) is 0 Å². The van der Waals surface area contributed by atoms with Gasteiger partial charge in [0.25, 0.3) is 11.8 Å². The fourth-order valence-electron chi connectivity index (χ4n) is 3.94. The number of hydrogen-bond donors (Lipinski definition) is 1. The molecule has 0 saturated carbocycles. The van der Waals surface area contributed by atoms with Gasteiger partial charge in [-0.05, 0) is 102 Å². The van der Waals surface area contributed by atoms with Crippen molar-refractivity contribution in [2.45, 2.75) is 20.0 Å². The first-order valence-electron chi connectivity index (χ1n) is 11.9. The van der Waals surface area contributed by atoms with Crippen LogP contribution in [0.2, 0.25) is 10.0 Å². The lowest BCUT2D eigenvalue weighted by Gasteiger charge is -2.29. The van der Waals surface area contributed by atoms with Gasteiger partial charge in [-0.1, -0.05) is 47.5 Å². The van der Waals surface area contributed by atoms with Crippen LogP contribution in [-0.2, 0) is 22.6 Å². The SMILES string of the molecule is C=CCc1cc(/C=C2\C(=O)NC(=S)N(c3cccc(Cl)c3Cl)C2=O)cc(OCC)c1OCc1ccc(I)cc1. The third-order valence-corrected chi connectivity index (χ3v) is 7.51. The topological polar surface area (TPSA) is 67.9 Å². The molecule has 0 aromatic heterocycles. The van der Waals surface area contributed by atoms with E-state index < -0.39 is 11.8 Å². The summed E-state index contributed by atoms with van der Waals surface area (Å²) >= 11 is 20.0. The number of anilines is 1. The van der Waals surface area contributed by atoms with Crippen molar-refractivity contribution < 1.29 is 19.1 Å². The Morgan fingerprint density at radius 2 is 1.85 bits per heavy atom. The highest BCUT2D eigenvalue weighted by Gasteiger charge is 2.35. The van der Waals surface area contributed by atoms with Crippen LogP contribution in [0.5, 0.6) is 11.5 Å². The molecule has 2 amide bonds. The third kappa shape index (κ3) is 6.63. The number of nitrogens with zero attached hydrogens (tertiary/aromatic N) is 1. The van der Waals surface area contributed by atoms with Crippen LogP contribution in [-0.4, -0.2) is 23.5 Å². The molecule has 3 aromatic carbocycles. The van der Waals surface area contributed by atoms with E-state index in [1.807, 2.05) is 37.3 Å². The molecule has 1 heterocycles. The van der Waals surface area contributed by atoms with Crippen LogP contribution in [0.1, 0.15) is 23.6 Å². The second-order valence-corrected chi connectivity index (χ2v) is 10.8. The summed E-state index contributed by atoms with van der Waals surface area (Å²) < 4.78 is 13.3. The number of carbonyl (C=O) groups is 2. The molecule has 0 aliphatic carbocycles. The zero-order valence-electron chi connectivity index (χ0n) is 20.8. The van der Waals surface area contributed by atoms with Crippen LogP contribution in [0, 0.1) is 3.57 Å². The number of benzene rings is 3. The van der Waals surface area contributed by atoms with Gasteiger partial charge in [0.1, 0.15) is 12.2 Å². The number of amides is 2. The van der Waals surface area contributed by atoms with Gasteiger partial charge in [-0.3, -0.25) is 19.8 Å². The summed E-state index contributed by atoms with van der Waals surface area (Å²) in [5.74, 6) is -0.189. The number of ether oxygens (including phenoxy) is 2. The van der Waals surface area contributed by atoms with Gasteiger partial charge in [0.05, 0.1) is 22.3 Å². The van der Waals surface area contributed by atoms with Gasteiger partial charge in [-0.25, -0.2) is 0 Å².